The van der Waals surface area contributed by atoms with Crippen molar-refractivity contribution in [3.8, 4) is 16.9 Å². The van der Waals surface area contributed by atoms with Crippen LogP contribution in [0.4, 0.5) is 11.4 Å². The summed E-state index contributed by atoms with van der Waals surface area (Å²) in [6.07, 6.45) is 0. The molecule has 0 aliphatic carbocycles. The molecular weight excluding hydrogens is 288 g/mol. The summed E-state index contributed by atoms with van der Waals surface area (Å²) in [6.45, 7) is 1.31. The Labute approximate surface area is 125 Å². The van der Waals surface area contributed by atoms with Gasteiger partial charge < -0.3 is 15.5 Å². The maximum atomic E-state index is 11.4. The molecule has 0 radical (unpaired) electrons. The molecule has 0 aliphatic rings. The molecule has 0 spiro atoms. The second-order valence-corrected chi connectivity index (χ2v) is 4.54. The molecule has 112 valence electrons. The number of phenolic OH excluding ortho intramolecular Hbond substituents is 1. The Morgan fingerprint density at radius 1 is 1.09 bits per heavy atom. The van der Waals surface area contributed by atoms with Crippen LogP contribution in [-0.2, 0) is 4.79 Å². The van der Waals surface area contributed by atoms with Gasteiger partial charge in [0.25, 0.3) is 0 Å². The van der Waals surface area contributed by atoms with E-state index in [1.54, 1.807) is 0 Å². The molecule has 0 heterocycles. The lowest BCUT2D eigenvalue weighted by Crippen LogP contribution is -2.08. The molecule has 0 saturated heterocycles. The number of phenols is 1. The van der Waals surface area contributed by atoms with Crippen molar-refractivity contribution < 1.29 is 19.8 Å². The van der Waals surface area contributed by atoms with E-state index in [9.17, 15) is 24.7 Å². The first-order valence-electron chi connectivity index (χ1n) is 6.24. The van der Waals surface area contributed by atoms with E-state index in [1.165, 1.54) is 37.3 Å². The highest BCUT2D eigenvalue weighted by Crippen LogP contribution is 2.35. The maximum Gasteiger partial charge on any atom is 0.336 e. The number of hydrogen-bond acceptors (Lipinski definition) is 5. The molecule has 0 atom stereocenters. The summed E-state index contributed by atoms with van der Waals surface area (Å²) < 4.78 is 0. The fraction of sp³-hybridized carbons (Fsp3) is 0.0667. The molecule has 0 aromatic heterocycles. The van der Waals surface area contributed by atoms with E-state index in [0.29, 0.717) is 5.69 Å². The standard InChI is InChI=1S/C15H12N2O5/c1-8(18)16-9-2-4-11(13(6-9)15(20)21)12-5-3-10(17-22)7-14(12)19/h2-7,19H,1H3,(H,16,18)(H,20,21). The molecule has 0 saturated carbocycles. The lowest BCUT2D eigenvalue weighted by Gasteiger charge is -2.11. The minimum Gasteiger partial charge on any atom is -0.507 e. The highest BCUT2D eigenvalue weighted by molar-refractivity contribution is 5.99. The van der Waals surface area contributed by atoms with Gasteiger partial charge >= 0.3 is 5.97 Å². The van der Waals surface area contributed by atoms with Crippen LogP contribution in [0.25, 0.3) is 11.1 Å². The zero-order valence-electron chi connectivity index (χ0n) is 11.5. The number of benzene rings is 2. The molecule has 2 rings (SSSR count). The second kappa shape index (κ2) is 6.04. The number of carbonyl (C=O) groups excluding carboxylic acids is 1. The average molecular weight is 300 g/mol. The fourth-order valence-electron chi connectivity index (χ4n) is 2.04. The van der Waals surface area contributed by atoms with E-state index in [4.69, 9.17) is 0 Å². The van der Waals surface area contributed by atoms with E-state index >= 15 is 0 Å². The number of nitrogens with one attached hydrogen (secondary N) is 1. The third-order valence-electron chi connectivity index (χ3n) is 2.95. The van der Waals surface area contributed by atoms with Crippen molar-refractivity contribution in [2.45, 2.75) is 6.92 Å². The summed E-state index contributed by atoms with van der Waals surface area (Å²) in [5.74, 6) is -1.79. The number of amides is 1. The summed E-state index contributed by atoms with van der Waals surface area (Å²) in [5.41, 5.74) is 0.788. The van der Waals surface area contributed by atoms with Gasteiger partial charge in [-0.2, -0.15) is 0 Å². The van der Waals surface area contributed by atoms with Crippen LogP contribution in [0.3, 0.4) is 0 Å². The van der Waals surface area contributed by atoms with Crippen molar-refractivity contribution in [3.05, 3.63) is 46.9 Å². The monoisotopic (exact) mass is 300 g/mol. The molecule has 0 bridgehead atoms. The molecule has 2 aromatic carbocycles. The van der Waals surface area contributed by atoms with Gasteiger partial charge in [0, 0.05) is 29.8 Å². The van der Waals surface area contributed by atoms with E-state index < -0.39 is 5.97 Å². The Morgan fingerprint density at radius 2 is 1.77 bits per heavy atom. The van der Waals surface area contributed by atoms with Crippen LogP contribution < -0.4 is 5.32 Å². The number of nitrogens with zero attached hydrogens (tertiary/aromatic N) is 1. The summed E-state index contributed by atoms with van der Waals surface area (Å²) >= 11 is 0. The van der Waals surface area contributed by atoms with E-state index in [0.717, 1.165) is 6.07 Å². The highest BCUT2D eigenvalue weighted by Gasteiger charge is 2.16. The summed E-state index contributed by atoms with van der Waals surface area (Å²) in [5, 5.41) is 24.4. The lowest BCUT2D eigenvalue weighted by molar-refractivity contribution is -0.114. The lowest BCUT2D eigenvalue weighted by atomic mass is 9.98. The molecule has 0 aliphatic heterocycles. The van der Waals surface area contributed by atoms with Gasteiger partial charge in [-0.05, 0) is 29.4 Å². The third kappa shape index (κ3) is 3.09. The Kier molecular flexibility index (Phi) is 4.17. The molecule has 22 heavy (non-hydrogen) atoms. The fourth-order valence-corrected chi connectivity index (χ4v) is 2.04. The van der Waals surface area contributed by atoms with Gasteiger partial charge in [-0.3, -0.25) is 4.79 Å². The van der Waals surface area contributed by atoms with Crippen molar-refractivity contribution in [3.63, 3.8) is 0 Å². The predicted octanol–water partition coefficient (Wildman–Crippen LogP) is 3.11. The van der Waals surface area contributed by atoms with Crippen LogP contribution in [0.5, 0.6) is 5.75 Å². The topological polar surface area (TPSA) is 116 Å². The van der Waals surface area contributed by atoms with E-state index in [-0.39, 0.29) is 34.0 Å². The van der Waals surface area contributed by atoms with Crippen LogP contribution in [0.1, 0.15) is 17.3 Å². The van der Waals surface area contributed by atoms with Gasteiger partial charge in [0.15, 0.2) is 0 Å². The Balaban J connectivity index is 2.57. The number of aromatic hydroxyl groups is 1. The van der Waals surface area contributed by atoms with Gasteiger partial charge in [-0.1, -0.05) is 6.07 Å². The van der Waals surface area contributed by atoms with Crippen LogP contribution >= 0.6 is 0 Å². The first-order chi connectivity index (χ1) is 10.4. The molecule has 2 aromatic rings. The zero-order valence-corrected chi connectivity index (χ0v) is 11.5. The van der Waals surface area contributed by atoms with Crippen molar-refractivity contribution in [2.75, 3.05) is 5.32 Å². The molecule has 0 unspecified atom stereocenters. The van der Waals surface area contributed by atoms with Crippen molar-refractivity contribution in [1.29, 1.82) is 0 Å². The van der Waals surface area contributed by atoms with Crippen molar-refractivity contribution >= 4 is 23.3 Å². The molecular formula is C15H12N2O5. The predicted molar refractivity (Wildman–Crippen MR) is 80.3 cm³/mol. The van der Waals surface area contributed by atoms with Gasteiger partial charge in [0.1, 0.15) is 11.4 Å². The first-order valence-corrected chi connectivity index (χ1v) is 6.24. The van der Waals surface area contributed by atoms with Crippen LogP contribution in [0.2, 0.25) is 0 Å². The zero-order chi connectivity index (χ0) is 16.3. The number of carbonyl (C=O) groups is 2. The van der Waals surface area contributed by atoms with Crippen LogP contribution in [0.15, 0.2) is 41.6 Å². The molecule has 1 amide bonds. The quantitative estimate of drug-likeness (QED) is 0.750. The number of hydrogen-bond donors (Lipinski definition) is 3. The van der Waals surface area contributed by atoms with E-state index in [1.807, 2.05) is 0 Å². The maximum absolute atomic E-state index is 11.4. The summed E-state index contributed by atoms with van der Waals surface area (Å²) in [4.78, 5) is 32.9. The highest BCUT2D eigenvalue weighted by atomic mass is 16.4. The Morgan fingerprint density at radius 3 is 2.32 bits per heavy atom. The van der Waals surface area contributed by atoms with Crippen molar-refractivity contribution in [1.82, 2.24) is 0 Å². The third-order valence-corrected chi connectivity index (χ3v) is 2.95. The summed E-state index contributed by atoms with van der Waals surface area (Å²) in [7, 11) is 0. The SMILES string of the molecule is CC(=O)Nc1ccc(-c2ccc(N=O)cc2O)c(C(=O)O)c1. The number of aromatic carboxylic acids is 1. The van der Waals surface area contributed by atoms with Gasteiger partial charge in [0.05, 0.1) is 5.56 Å². The minimum absolute atomic E-state index is 0.0352. The van der Waals surface area contributed by atoms with Crippen LogP contribution in [-0.4, -0.2) is 22.1 Å². The molecule has 7 heteroatoms. The van der Waals surface area contributed by atoms with Gasteiger partial charge in [-0.15, -0.1) is 4.91 Å². The number of rotatable bonds is 4. The van der Waals surface area contributed by atoms with Gasteiger partial charge in [-0.25, -0.2) is 4.79 Å². The second-order valence-electron chi connectivity index (χ2n) is 4.54. The molecule has 0 fully saturated rings. The average Bonchev–Trinajstić information content (AvgIpc) is 2.46. The van der Waals surface area contributed by atoms with Crippen molar-refractivity contribution in [2.24, 2.45) is 5.18 Å². The van der Waals surface area contributed by atoms with Crippen LogP contribution in [0, 0.1) is 4.91 Å². The number of nitroso groups, excluding NO2 is 1. The Hall–Kier alpha value is -3.22. The molecule has 3 N–H and O–H groups in total. The normalized spacial score (nSPS) is 10.0. The molecule has 7 nitrogen and oxygen atoms in total. The minimum atomic E-state index is -1.21. The number of carboxylic acid groups (broad SMARTS) is 1. The smallest absolute Gasteiger partial charge is 0.336 e. The summed E-state index contributed by atoms with van der Waals surface area (Å²) in [6, 6.07) is 8.22. The largest absolute Gasteiger partial charge is 0.507 e. The number of carboxylic acids is 1. The van der Waals surface area contributed by atoms with E-state index in [2.05, 4.69) is 10.5 Å². The number of anilines is 1. The van der Waals surface area contributed by atoms with Gasteiger partial charge in [0.2, 0.25) is 5.91 Å². The first kappa shape index (κ1) is 15.2. The Bertz CT molecular complexity index is 771.